The lowest BCUT2D eigenvalue weighted by molar-refractivity contribution is -0.119. The number of thiophene rings is 1. The minimum atomic E-state index is -0.925. The van der Waals surface area contributed by atoms with Crippen LogP contribution in [-0.4, -0.2) is 28.3 Å². The maximum Gasteiger partial charge on any atom is 0.348 e. The molecule has 31 heavy (non-hydrogen) atoms. The molecule has 0 aliphatic heterocycles. The molecule has 4 aromatic rings. The quantitative estimate of drug-likeness (QED) is 0.418. The summed E-state index contributed by atoms with van der Waals surface area (Å²) in [6.07, 6.45) is 0. The Morgan fingerprint density at radius 1 is 1.16 bits per heavy atom. The van der Waals surface area contributed by atoms with Gasteiger partial charge < -0.3 is 10.1 Å². The third-order valence-corrected chi connectivity index (χ3v) is 5.70. The number of hydrogen-bond acceptors (Lipinski definition) is 5. The smallest absolute Gasteiger partial charge is 0.348 e. The van der Waals surface area contributed by atoms with Crippen LogP contribution in [0.3, 0.4) is 0 Å². The van der Waals surface area contributed by atoms with Gasteiger partial charge in [0.2, 0.25) is 0 Å². The van der Waals surface area contributed by atoms with Crippen LogP contribution in [0.1, 0.15) is 15.4 Å². The third-order valence-electron chi connectivity index (χ3n) is 4.36. The molecule has 4 rings (SSSR count). The van der Waals surface area contributed by atoms with E-state index in [9.17, 15) is 18.4 Å². The summed E-state index contributed by atoms with van der Waals surface area (Å²) in [5, 5.41) is 8.10. The van der Waals surface area contributed by atoms with Gasteiger partial charge in [-0.15, -0.1) is 11.3 Å². The number of rotatable bonds is 5. The van der Waals surface area contributed by atoms with Crippen LogP contribution < -0.4 is 5.32 Å². The SMILES string of the molecule is Cc1nn(-c2ccc(Cl)cc2)c2sc(C(=O)OCC(=O)Nc3ccc(F)cc3F)cc12. The van der Waals surface area contributed by atoms with E-state index in [0.29, 0.717) is 16.0 Å². The Morgan fingerprint density at radius 2 is 1.90 bits per heavy atom. The number of carbonyl (C=O) groups is 2. The van der Waals surface area contributed by atoms with Crippen LogP contribution in [0.2, 0.25) is 5.02 Å². The van der Waals surface area contributed by atoms with Crippen LogP contribution in [-0.2, 0) is 9.53 Å². The Morgan fingerprint density at radius 3 is 2.61 bits per heavy atom. The first-order valence-corrected chi connectivity index (χ1v) is 10.2. The van der Waals surface area contributed by atoms with Gasteiger partial charge in [-0.25, -0.2) is 18.3 Å². The zero-order chi connectivity index (χ0) is 22.1. The number of anilines is 1. The average molecular weight is 462 g/mol. The number of aromatic nitrogens is 2. The van der Waals surface area contributed by atoms with Crippen molar-refractivity contribution in [3.63, 3.8) is 0 Å². The third kappa shape index (κ3) is 4.42. The molecule has 0 radical (unpaired) electrons. The second-order valence-electron chi connectivity index (χ2n) is 6.55. The number of ether oxygens (including phenoxy) is 1. The standard InChI is InChI=1S/C21H14ClF2N3O3S/c1-11-15-9-18(31-20(15)27(26-11)14-5-2-12(22)3-6-14)21(29)30-10-19(28)25-17-7-4-13(23)8-16(17)24/h2-9H,10H2,1H3,(H,25,28). The molecule has 2 aromatic carbocycles. The van der Waals surface area contributed by atoms with E-state index in [2.05, 4.69) is 10.4 Å². The molecule has 0 atom stereocenters. The molecule has 0 aliphatic carbocycles. The van der Waals surface area contributed by atoms with Crippen LogP contribution in [0.25, 0.3) is 15.9 Å². The van der Waals surface area contributed by atoms with Crippen LogP contribution in [0.15, 0.2) is 48.5 Å². The second-order valence-corrected chi connectivity index (χ2v) is 8.02. The molecular formula is C21H14ClF2N3O3S. The fraction of sp³-hybridized carbons (Fsp3) is 0.0952. The van der Waals surface area contributed by atoms with E-state index >= 15 is 0 Å². The number of nitrogens with one attached hydrogen (secondary N) is 1. The van der Waals surface area contributed by atoms with E-state index in [1.54, 1.807) is 22.9 Å². The number of nitrogens with zero attached hydrogens (tertiary/aromatic N) is 2. The van der Waals surface area contributed by atoms with Crippen molar-refractivity contribution < 1.29 is 23.1 Å². The monoisotopic (exact) mass is 461 g/mol. The van der Waals surface area contributed by atoms with Gasteiger partial charge in [0.25, 0.3) is 5.91 Å². The highest BCUT2D eigenvalue weighted by Gasteiger charge is 2.19. The van der Waals surface area contributed by atoms with Gasteiger partial charge >= 0.3 is 5.97 Å². The molecule has 0 spiro atoms. The minimum absolute atomic E-state index is 0.206. The van der Waals surface area contributed by atoms with Gasteiger partial charge in [0.15, 0.2) is 6.61 Å². The van der Waals surface area contributed by atoms with Crippen molar-refractivity contribution >= 4 is 50.7 Å². The molecule has 0 bridgehead atoms. The van der Waals surface area contributed by atoms with Crippen molar-refractivity contribution in [2.45, 2.75) is 6.92 Å². The van der Waals surface area contributed by atoms with Gasteiger partial charge in [-0.3, -0.25) is 4.79 Å². The Balaban J connectivity index is 1.47. The highest BCUT2D eigenvalue weighted by atomic mass is 35.5. The fourth-order valence-electron chi connectivity index (χ4n) is 2.88. The highest BCUT2D eigenvalue weighted by molar-refractivity contribution is 7.20. The van der Waals surface area contributed by atoms with Crippen LogP contribution in [0, 0.1) is 18.6 Å². The topological polar surface area (TPSA) is 73.2 Å². The van der Waals surface area contributed by atoms with Gasteiger partial charge in [0, 0.05) is 16.5 Å². The molecule has 2 heterocycles. The molecule has 1 amide bonds. The summed E-state index contributed by atoms with van der Waals surface area (Å²) in [6, 6.07) is 11.5. The maximum absolute atomic E-state index is 13.6. The summed E-state index contributed by atoms with van der Waals surface area (Å²) in [4.78, 5) is 25.4. The molecular weight excluding hydrogens is 448 g/mol. The molecule has 2 aromatic heterocycles. The molecule has 6 nitrogen and oxygen atoms in total. The normalized spacial score (nSPS) is 11.0. The van der Waals surface area contributed by atoms with Crippen molar-refractivity contribution in [2.24, 2.45) is 0 Å². The van der Waals surface area contributed by atoms with E-state index in [4.69, 9.17) is 16.3 Å². The summed E-state index contributed by atoms with van der Waals surface area (Å²) in [7, 11) is 0. The van der Waals surface area contributed by atoms with Crippen molar-refractivity contribution in [3.8, 4) is 5.69 Å². The van der Waals surface area contributed by atoms with Gasteiger partial charge in [-0.05, 0) is 49.4 Å². The summed E-state index contributed by atoms with van der Waals surface area (Å²) in [5.41, 5.74) is 1.30. The van der Waals surface area contributed by atoms with Gasteiger partial charge in [0.1, 0.15) is 21.3 Å². The Labute approximate surface area is 184 Å². The number of esters is 1. The number of halogens is 3. The second kappa shape index (κ2) is 8.44. The number of amides is 1. The Hall–Kier alpha value is -3.30. The van der Waals surface area contributed by atoms with Crippen LogP contribution >= 0.6 is 22.9 Å². The van der Waals surface area contributed by atoms with E-state index in [-0.39, 0.29) is 5.69 Å². The average Bonchev–Trinajstić information content (AvgIpc) is 3.30. The Bertz CT molecular complexity index is 1300. The van der Waals surface area contributed by atoms with Gasteiger partial charge in [-0.1, -0.05) is 11.6 Å². The fourth-order valence-corrected chi connectivity index (χ4v) is 4.09. The zero-order valence-electron chi connectivity index (χ0n) is 16.0. The summed E-state index contributed by atoms with van der Waals surface area (Å²) < 4.78 is 33.3. The number of fused-ring (bicyclic) bond motifs is 1. The van der Waals surface area contributed by atoms with Crippen LogP contribution in [0.4, 0.5) is 14.5 Å². The highest BCUT2D eigenvalue weighted by Crippen LogP contribution is 2.31. The van der Waals surface area contributed by atoms with Crippen molar-refractivity contribution in [1.82, 2.24) is 9.78 Å². The van der Waals surface area contributed by atoms with Gasteiger partial charge in [0.05, 0.1) is 17.1 Å². The number of carbonyl (C=O) groups excluding carboxylic acids is 2. The summed E-state index contributed by atoms with van der Waals surface area (Å²) in [6.45, 7) is 1.20. The van der Waals surface area contributed by atoms with Crippen LogP contribution in [0.5, 0.6) is 0 Å². The maximum atomic E-state index is 13.6. The molecule has 1 N–H and O–H groups in total. The summed E-state index contributed by atoms with van der Waals surface area (Å²) in [5.74, 6) is -3.13. The Kier molecular flexibility index (Phi) is 5.71. The lowest BCUT2D eigenvalue weighted by Crippen LogP contribution is -2.21. The van der Waals surface area contributed by atoms with Crippen molar-refractivity contribution in [1.29, 1.82) is 0 Å². The van der Waals surface area contributed by atoms with E-state index in [1.807, 2.05) is 19.1 Å². The lowest BCUT2D eigenvalue weighted by atomic mass is 10.3. The number of aryl methyl sites for hydroxylation is 1. The predicted molar refractivity (Wildman–Crippen MR) is 114 cm³/mol. The predicted octanol–water partition coefficient (Wildman–Crippen LogP) is 5.12. The van der Waals surface area contributed by atoms with Crippen molar-refractivity contribution in [3.05, 3.63) is 75.8 Å². The minimum Gasteiger partial charge on any atom is -0.451 e. The lowest BCUT2D eigenvalue weighted by Gasteiger charge is -2.07. The van der Waals surface area contributed by atoms with E-state index < -0.39 is 30.1 Å². The zero-order valence-corrected chi connectivity index (χ0v) is 17.6. The molecule has 0 aliphatic rings. The molecule has 0 unspecified atom stereocenters. The molecule has 0 fully saturated rings. The largest absolute Gasteiger partial charge is 0.451 e. The molecule has 158 valence electrons. The molecule has 0 saturated carbocycles. The van der Waals surface area contributed by atoms with E-state index in [0.717, 1.165) is 33.7 Å². The first kappa shape index (κ1) is 21.0. The van der Waals surface area contributed by atoms with Crippen molar-refractivity contribution in [2.75, 3.05) is 11.9 Å². The van der Waals surface area contributed by atoms with E-state index in [1.165, 1.54) is 11.3 Å². The first-order valence-electron chi connectivity index (χ1n) is 8.99. The van der Waals surface area contributed by atoms with Gasteiger partial charge in [-0.2, -0.15) is 5.10 Å². The molecule has 10 heteroatoms. The molecule has 0 saturated heterocycles. The summed E-state index contributed by atoms with van der Waals surface area (Å²) >= 11 is 7.11. The number of hydrogen-bond donors (Lipinski definition) is 1. The number of benzene rings is 2. The first-order chi connectivity index (χ1) is 14.8.